The van der Waals surface area contributed by atoms with Crippen molar-refractivity contribution in [2.45, 2.75) is 66.0 Å². The molecule has 1 aromatic rings. The van der Waals surface area contributed by atoms with Gasteiger partial charge < -0.3 is 4.90 Å². The zero-order chi connectivity index (χ0) is 14.2. The molecule has 0 aliphatic carbocycles. The number of carbonyl (C=O) groups excluding carboxylic acids is 1. The Morgan fingerprint density at radius 2 is 1.58 bits per heavy atom. The number of ketones is 1. The number of aryl methyl sites for hydroxylation is 2. The van der Waals surface area contributed by atoms with Crippen LogP contribution in [0, 0.1) is 13.8 Å². The molecule has 0 aromatic carbocycles. The Bertz CT molecular complexity index is 465. The van der Waals surface area contributed by atoms with Crippen molar-refractivity contribution in [1.29, 1.82) is 0 Å². The third-order valence-corrected chi connectivity index (χ3v) is 4.04. The van der Waals surface area contributed by atoms with Gasteiger partial charge in [0.2, 0.25) is 5.95 Å². The van der Waals surface area contributed by atoms with Crippen LogP contribution in [0.1, 0.15) is 61.8 Å². The van der Waals surface area contributed by atoms with Crippen molar-refractivity contribution in [3.8, 4) is 0 Å². The lowest BCUT2D eigenvalue weighted by atomic mass is 9.98. The fraction of sp³-hybridized carbons (Fsp3) is 0.667. The predicted molar refractivity (Wildman–Crippen MR) is 76.8 cm³/mol. The van der Waals surface area contributed by atoms with Gasteiger partial charge in [0.25, 0.3) is 0 Å². The highest BCUT2D eigenvalue weighted by Crippen LogP contribution is 2.27. The lowest BCUT2D eigenvalue weighted by Crippen LogP contribution is -2.45. The van der Waals surface area contributed by atoms with Crippen molar-refractivity contribution in [3.05, 3.63) is 17.0 Å². The second-order valence-corrected chi connectivity index (χ2v) is 5.66. The Morgan fingerprint density at radius 1 is 1.11 bits per heavy atom. The van der Waals surface area contributed by atoms with Crippen molar-refractivity contribution >= 4 is 11.7 Å². The van der Waals surface area contributed by atoms with E-state index in [2.05, 4.69) is 28.7 Å². The number of anilines is 1. The van der Waals surface area contributed by atoms with E-state index in [0.29, 0.717) is 17.6 Å². The normalized spacial score (nSPS) is 23.5. The van der Waals surface area contributed by atoms with Gasteiger partial charge in [0.15, 0.2) is 5.78 Å². The summed E-state index contributed by atoms with van der Waals surface area (Å²) < 4.78 is 0. The van der Waals surface area contributed by atoms with E-state index in [4.69, 9.17) is 0 Å². The van der Waals surface area contributed by atoms with Crippen LogP contribution in [-0.2, 0) is 0 Å². The molecule has 0 N–H and O–H groups in total. The molecule has 1 aliphatic heterocycles. The van der Waals surface area contributed by atoms with Gasteiger partial charge in [0.1, 0.15) is 0 Å². The third-order valence-electron chi connectivity index (χ3n) is 4.04. The first-order valence-electron chi connectivity index (χ1n) is 7.06. The predicted octanol–water partition coefficient (Wildman–Crippen LogP) is 3.06. The number of piperidine rings is 1. The van der Waals surface area contributed by atoms with Crippen molar-refractivity contribution in [1.82, 2.24) is 9.97 Å². The molecule has 0 amide bonds. The minimum absolute atomic E-state index is 0.0429. The summed E-state index contributed by atoms with van der Waals surface area (Å²) in [4.78, 5) is 23.1. The number of rotatable bonds is 2. The molecule has 4 nitrogen and oxygen atoms in total. The summed E-state index contributed by atoms with van der Waals surface area (Å²) in [6.45, 7) is 9.82. The molecule has 0 saturated carbocycles. The largest absolute Gasteiger partial charge is 0.335 e. The number of Topliss-reactive ketones (excluding diaryl/α,β-unsaturated/α-hetero) is 1. The van der Waals surface area contributed by atoms with E-state index in [0.717, 1.165) is 17.3 Å². The zero-order valence-electron chi connectivity index (χ0n) is 12.5. The average molecular weight is 261 g/mol. The monoisotopic (exact) mass is 261 g/mol. The highest BCUT2D eigenvalue weighted by atomic mass is 16.1. The summed E-state index contributed by atoms with van der Waals surface area (Å²) in [6, 6.07) is 0.927. The Hall–Kier alpha value is -1.45. The van der Waals surface area contributed by atoms with E-state index in [1.54, 1.807) is 6.92 Å². The maximum Gasteiger partial charge on any atom is 0.226 e. The average Bonchev–Trinajstić information content (AvgIpc) is 2.26. The Labute approximate surface area is 115 Å². The molecule has 0 radical (unpaired) electrons. The van der Waals surface area contributed by atoms with Gasteiger partial charge in [-0.25, -0.2) is 9.97 Å². The van der Waals surface area contributed by atoms with Gasteiger partial charge in [-0.3, -0.25) is 4.79 Å². The summed E-state index contributed by atoms with van der Waals surface area (Å²) in [5.74, 6) is 0.820. The van der Waals surface area contributed by atoms with Gasteiger partial charge in [-0.05, 0) is 53.9 Å². The van der Waals surface area contributed by atoms with Gasteiger partial charge >= 0.3 is 0 Å². The van der Waals surface area contributed by atoms with E-state index in [9.17, 15) is 4.79 Å². The molecule has 1 aliphatic rings. The molecule has 19 heavy (non-hydrogen) atoms. The highest BCUT2D eigenvalue weighted by Gasteiger charge is 2.27. The van der Waals surface area contributed by atoms with Crippen molar-refractivity contribution in [2.75, 3.05) is 4.90 Å². The van der Waals surface area contributed by atoms with Crippen molar-refractivity contribution < 1.29 is 4.79 Å². The van der Waals surface area contributed by atoms with Crippen LogP contribution in [0.4, 0.5) is 5.95 Å². The number of nitrogens with zero attached hydrogens (tertiary/aromatic N) is 3. The Balaban J connectivity index is 2.43. The van der Waals surface area contributed by atoms with Crippen LogP contribution in [0.15, 0.2) is 0 Å². The quantitative estimate of drug-likeness (QED) is 0.768. The van der Waals surface area contributed by atoms with Gasteiger partial charge in [-0.15, -0.1) is 0 Å². The maximum absolute atomic E-state index is 11.6. The molecular weight excluding hydrogens is 238 g/mol. The number of aromatic nitrogens is 2. The third kappa shape index (κ3) is 2.62. The van der Waals surface area contributed by atoms with Crippen LogP contribution < -0.4 is 4.90 Å². The van der Waals surface area contributed by atoms with E-state index in [1.165, 1.54) is 19.3 Å². The highest BCUT2D eigenvalue weighted by molar-refractivity contribution is 5.96. The second-order valence-electron chi connectivity index (χ2n) is 5.66. The minimum Gasteiger partial charge on any atom is -0.335 e. The summed E-state index contributed by atoms with van der Waals surface area (Å²) in [6.07, 6.45) is 3.63. The molecule has 104 valence electrons. The first-order chi connectivity index (χ1) is 8.91. The number of hydrogen-bond acceptors (Lipinski definition) is 4. The minimum atomic E-state index is 0.0429. The van der Waals surface area contributed by atoms with Crippen LogP contribution in [0.25, 0.3) is 0 Å². The molecular formula is C15H23N3O. The summed E-state index contributed by atoms with van der Waals surface area (Å²) in [5.41, 5.74) is 2.25. The smallest absolute Gasteiger partial charge is 0.226 e. The molecule has 0 spiro atoms. The first kappa shape index (κ1) is 14.0. The van der Waals surface area contributed by atoms with Crippen LogP contribution in [0.3, 0.4) is 0 Å². The number of carbonyl (C=O) groups is 1. The first-order valence-corrected chi connectivity index (χ1v) is 7.06. The molecule has 2 rings (SSSR count). The van der Waals surface area contributed by atoms with Crippen LogP contribution in [0.5, 0.6) is 0 Å². The molecule has 0 unspecified atom stereocenters. The van der Waals surface area contributed by atoms with Crippen molar-refractivity contribution in [2.24, 2.45) is 0 Å². The topological polar surface area (TPSA) is 46.1 Å². The van der Waals surface area contributed by atoms with Crippen molar-refractivity contribution in [3.63, 3.8) is 0 Å². The molecule has 1 aromatic heterocycles. The molecule has 4 heteroatoms. The summed E-state index contributed by atoms with van der Waals surface area (Å²) in [7, 11) is 0. The van der Waals surface area contributed by atoms with Crippen LogP contribution in [-0.4, -0.2) is 27.8 Å². The summed E-state index contributed by atoms with van der Waals surface area (Å²) in [5, 5.41) is 0. The second kappa shape index (κ2) is 5.27. The van der Waals surface area contributed by atoms with Gasteiger partial charge in [0.05, 0.1) is 17.0 Å². The lowest BCUT2D eigenvalue weighted by Gasteiger charge is -2.39. The van der Waals surface area contributed by atoms with Gasteiger partial charge in [0, 0.05) is 12.1 Å². The molecule has 2 atom stereocenters. The SMILES string of the molecule is CC(=O)c1c(C)nc(N2[C@@H](C)CCC[C@@H]2C)nc1C. The molecule has 2 heterocycles. The van der Waals surface area contributed by atoms with Gasteiger partial charge in [-0.2, -0.15) is 0 Å². The molecule has 1 saturated heterocycles. The summed E-state index contributed by atoms with van der Waals surface area (Å²) >= 11 is 0. The van der Waals surface area contributed by atoms with Crippen LogP contribution in [0.2, 0.25) is 0 Å². The van der Waals surface area contributed by atoms with Crippen LogP contribution >= 0.6 is 0 Å². The number of hydrogen-bond donors (Lipinski definition) is 0. The maximum atomic E-state index is 11.6. The van der Waals surface area contributed by atoms with E-state index in [1.807, 2.05) is 13.8 Å². The standard InChI is InChI=1S/C15H23N3O/c1-9-7-6-8-10(2)18(9)15-16-11(3)14(13(5)19)12(4)17-15/h9-10H,6-8H2,1-5H3/t9-,10-/m0/s1. The van der Waals surface area contributed by atoms with E-state index >= 15 is 0 Å². The zero-order valence-corrected chi connectivity index (χ0v) is 12.5. The van der Waals surface area contributed by atoms with E-state index in [-0.39, 0.29) is 5.78 Å². The molecule has 1 fully saturated rings. The fourth-order valence-electron chi connectivity index (χ4n) is 3.14. The fourth-order valence-corrected chi connectivity index (χ4v) is 3.14. The van der Waals surface area contributed by atoms with Gasteiger partial charge in [-0.1, -0.05) is 0 Å². The Morgan fingerprint density at radius 3 is 2.00 bits per heavy atom. The Kier molecular flexibility index (Phi) is 3.88. The van der Waals surface area contributed by atoms with E-state index < -0.39 is 0 Å². The lowest BCUT2D eigenvalue weighted by molar-refractivity contribution is 0.101. The molecule has 0 bridgehead atoms.